The van der Waals surface area contributed by atoms with Crippen LogP contribution in [-0.2, 0) is 4.79 Å². The molecule has 1 heterocycles. The van der Waals surface area contributed by atoms with Gasteiger partial charge in [-0.05, 0) is 46.7 Å². The first-order valence-electron chi connectivity index (χ1n) is 6.25. The topological polar surface area (TPSA) is 75.1 Å². The number of thioether (sulfide) groups is 1. The van der Waals surface area contributed by atoms with Gasteiger partial charge in [0.1, 0.15) is 5.54 Å². The molecule has 1 aromatic rings. The first-order valence-corrected chi connectivity index (χ1v) is 7.23. The molecule has 1 rings (SSSR count). The van der Waals surface area contributed by atoms with Gasteiger partial charge in [0.25, 0.3) is 0 Å². The van der Waals surface area contributed by atoms with Gasteiger partial charge in [-0.15, -0.1) is 0 Å². The van der Waals surface area contributed by atoms with E-state index in [0.29, 0.717) is 6.42 Å². The number of aliphatic carboxylic acids is 1. The lowest BCUT2D eigenvalue weighted by atomic mass is 9.97. The molecule has 0 amide bonds. The monoisotopic (exact) mass is 283 g/mol. The number of rotatable bonds is 7. The summed E-state index contributed by atoms with van der Waals surface area (Å²) in [6.45, 7) is 5.59. The van der Waals surface area contributed by atoms with E-state index in [-0.39, 0.29) is 0 Å². The average Bonchev–Trinajstić information content (AvgIpc) is 2.33. The molecule has 19 heavy (non-hydrogen) atoms. The molecule has 106 valence electrons. The quantitative estimate of drug-likeness (QED) is 0.453. The van der Waals surface area contributed by atoms with Crippen LogP contribution in [0.25, 0.3) is 0 Å². The van der Waals surface area contributed by atoms with E-state index in [1.165, 1.54) is 0 Å². The van der Waals surface area contributed by atoms with Crippen molar-refractivity contribution in [3.63, 3.8) is 0 Å². The van der Waals surface area contributed by atoms with Crippen molar-refractivity contribution in [2.45, 2.75) is 44.3 Å². The van der Waals surface area contributed by atoms with Gasteiger partial charge in [0.2, 0.25) is 0 Å². The largest absolute Gasteiger partial charge is 0.480 e. The Morgan fingerprint density at radius 2 is 2.00 bits per heavy atom. The van der Waals surface area contributed by atoms with Crippen LogP contribution < -0.4 is 5.32 Å². The predicted molar refractivity (Wildman–Crippen MR) is 76.6 cm³/mol. The zero-order valence-corrected chi connectivity index (χ0v) is 12.7. The zero-order valence-electron chi connectivity index (χ0n) is 11.9. The second-order valence-corrected chi connectivity index (χ2v) is 5.83. The van der Waals surface area contributed by atoms with Crippen molar-refractivity contribution in [1.82, 2.24) is 15.3 Å². The van der Waals surface area contributed by atoms with Crippen molar-refractivity contribution >= 4 is 17.7 Å². The van der Waals surface area contributed by atoms with E-state index in [4.69, 9.17) is 5.11 Å². The third kappa shape index (κ3) is 4.80. The lowest BCUT2D eigenvalue weighted by Gasteiger charge is -2.23. The summed E-state index contributed by atoms with van der Waals surface area (Å²) in [5, 5.41) is 12.7. The first-order chi connectivity index (χ1) is 8.87. The number of carboxylic acids is 1. The summed E-state index contributed by atoms with van der Waals surface area (Å²) in [5.41, 5.74) is 1.06. The number of nitrogens with zero attached hydrogens (tertiary/aromatic N) is 2. The number of carboxylic acid groups (broad SMARTS) is 1. The summed E-state index contributed by atoms with van der Waals surface area (Å²) in [4.78, 5) is 19.8. The van der Waals surface area contributed by atoms with Crippen molar-refractivity contribution in [2.75, 3.05) is 12.8 Å². The van der Waals surface area contributed by atoms with E-state index in [2.05, 4.69) is 15.3 Å². The lowest BCUT2D eigenvalue weighted by molar-refractivity contribution is -0.144. The maximum Gasteiger partial charge on any atom is 0.323 e. The SMILES string of the molecule is CNC(C)(CCCSc1nc(C)cc(C)n1)C(=O)O. The van der Waals surface area contributed by atoms with Crippen LogP contribution in [0, 0.1) is 13.8 Å². The molecule has 0 saturated carbocycles. The Hall–Kier alpha value is -1.14. The van der Waals surface area contributed by atoms with Crippen molar-refractivity contribution in [3.8, 4) is 0 Å². The fourth-order valence-corrected chi connectivity index (χ4v) is 2.57. The minimum Gasteiger partial charge on any atom is -0.480 e. The molecular formula is C13H21N3O2S. The highest BCUT2D eigenvalue weighted by Gasteiger charge is 2.30. The van der Waals surface area contributed by atoms with Crippen LogP contribution in [0.2, 0.25) is 0 Å². The summed E-state index contributed by atoms with van der Waals surface area (Å²) in [6.07, 6.45) is 1.38. The van der Waals surface area contributed by atoms with Gasteiger partial charge in [-0.2, -0.15) is 0 Å². The Labute approximate surface area is 118 Å². The molecule has 1 atom stereocenters. The molecule has 6 heteroatoms. The third-order valence-electron chi connectivity index (χ3n) is 3.04. The van der Waals surface area contributed by atoms with E-state index in [0.717, 1.165) is 28.7 Å². The second-order valence-electron chi connectivity index (χ2n) is 4.77. The highest BCUT2D eigenvalue weighted by molar-refractivity contribution is 7.99. The van der Waals surface area contributed by atoms with Crippen molar-refractivity contribution < 1.29 is 9.90 Å². The molecule has 0 radical (unpaired) electrons. The number of nitrogens with one attached hydrogen (secondary N) is 1. The number of aryl methyl sites for hydroxylation is 2. The van der Waals surface area contributed by atoms with Crippen molar-refractivity contribution in [2.24, 2.45) is 0 Å². The van der Waals surface area contributed by atoms with E-state index in [1.807, 2.05) is 19.9 Å². The van der Waals surface area contributed by atoms with Crippen LogP contribution in [0.1, 0.15) is 31.2 Å². The highest BCUT2D eigenvalue weighted by Crippen LogP contribution is 2.19. The van der Waals surface area contributed by atoms with Crippen molar-refractivity contribution in [1.29, 1.82) is 0 Å². The summed E-state index contributed by atoms with van der Waals surface area (Å²) >= 11 is 1.57. The molecule has 0 aliphatic carbocycles. The lowest BCUT2D eigenvalue weighted by Crippen LogP contribution is -2.47. The van der Waals surface area contributed by atoms with Crippen LogP contribution >= 0.6 is 11.8 Å². The maximum absolute atomic E-state index is 11.1. The van der Waals surface area contributed by atoms with Gasteiger partial charge in [0.15, 0.2) is 5.16 Å². The van der Waals surface area contributed by atoms with Crippen LogP contribution in [0.15, 0.2) is 11.2 Å². The number of hydrogen-bond acceptors (Lipinski definition) is 5. The Bertz CT molecular complexity index is 433. The van der Waals surface area contributed by atoms with Gasteiger partial charge >= 0.3 is 5.97 Å². The van der Waals surface area contributed by atoms with Crippen LogP contribution in [-0.4, -0.2) is 39.4 Å². The van der Waals surface area contributed by atoms with Gasteiger partial charge in [-0.3, -0.25) is 4.79 Å². The van der Waals surface area contributed by atoms with Gasteiger partial charge < -0.3 is 10.4 Å². The van der Waals surface area contributed by atoms with E-state index < -0.39 is 11.5 Å². The molecule has 1 aromatic heterocycles. The van der Waals surface area contributed by atoms with Gasteiger partial charge in [0, 0.05) is 17.1 Å². The predicted octanol–water partition coefficient (Wildman–Crippen LogP) is 2.03. The minimum atomic E-state index is -0.857. The summed E-state index contributed by atoms with van der Waals surface area (Å²) in [5.74, 6) is -0.00405. The smallest absolute Gasteiger partial charge is 0.323 e. The Morgan fingerprint density at radius 1 is 1.42 bits per heavy atom. The summed E-state index contributed by atoms with van der Waals surface area (Å²) in [6, 6.07) is 1.94. The fraction of sp³-hybridized carbons (Fsp3) is 0.615. The molecule has 1 unspecified atom stereocenters. The van der Waals surface area contributed by atoms with Gasteiger partial charge in [0.05, 0.1) is 0 Å². The van der Waals surface area contributed by atoms with Crippen LogP contribution in [0.3, 0.4) is 0 Å². The third-order valence-corrected chi connectivity index (χ3v) is 3.97. The number of hydrogen-bond donors (Lipinski definition) is 2. The second kappa shape index (κ2) is 6.86. The Morgan fingerprint density at radius 3 is 2.47 bits per heavy atom. The highest BCUT2D eigenvalue weighted by atomic mass is 32.2. The normalized spacial score (nSPS) is 14.1. The fourth-order valence-electron chi connectivity index (χ4n) is 1.69. The molecule has 0 aromatic carbocycles. The average molecular weight is 283 g/mol. The number of aromatic nitrogens is 2. The molecule has 0 aliphatic heterocycles. The van der Waals surface area contributed by atoms with E-state index >= 15 is 0 Å². The standard InChI is InChI=1S/C13H21N3O2S/c1-9-8-10(2)16-12(15-9)19-7-5-6-13(3,14-4)11(17)18/h8,14H,5-7H2,1-4H3,(H,17,18). The molecule has 2 N–H and O–H groups in total. The van der Waals surface area contributed by atoms with Crippen molar-refractivity contribution in [3.05, 3.63) is 17.5 Å². The molecule has 5 nitrogen and oxygen atoms in total. The molecule has 0 spiro atoms. The molecule has 0 saturated heterocycles. The summed E-state index contributed by atoms with van der Waals surface area (Å²) < 4.78 is 0. The van der Waals surface area contributed by atoms with Gasteiger partial charge in [-0.25, -0.2) is 9.97 Å². The summed E-state index contributed by atoms with van der Waals surface area (Å²) in [7, 11) is 1.67. The van der Waals surface area contributed by atoms with Crippen LogP contribution in [0.5, 0.6) is 0 Å². The van der Waals surface area contributed by atoms with E-state index in [1.54, 1.807) is 25.7 Å². The minimum absolute atomic E-state index is 0.580. The van der Waals surface area contributed by atoms with E-state index in [9.17, 15) is 4.79 Å². The molecular weight excluding hydrogens is 262 g/mol. The molecule has 0 aliphatic rings. The maximum atomic E-state index is 11.1. The Kier molecular flexibility index (Phi) is 5.75. The van der Waals surface area contributed by atoms with Gasteiger partial charge in [-0.1, -0.05) is 11.8 Å². The zero-order chi connectivity index (χ0) is 14.5. The first kappa shape index (κ1) is 15.9. The van der Waals surface area contributed by atoms with Crippen LogP contribution in [0.4, 0.5) is 0 Å². The Balaban J connectivity index is 2.44. The molecule has 0 bridgehead atoms. The number of carbonyl (C=O) groups is 1. The number of likely N-dealkylation sites (N-methyl/N-ethyl adjacent to an activating group) is 1. The molecule has 0 fully saturated rings.